The van der Waals surface area contributed by atoms with Gasteiger partial charge in [0.25, 0.3) is 0 Å². The van der Waals surface area contributed by atoms with Crippen LogP contribution in [0.15, 0.2) is 18.2 Å². The Hall–Kier alpha value is -1.62. The van der Waals surface area contributed by atoms with Crippen molar-refractivity contribution >= 4 is 11.6 Å². The first-order chi connectivity index (χ1) is 8.63. The fourth-order valence-electron chi connectivity index (χ4n) is 2.42. The molecule has 18 heavy (non-hydrogen) atoms. The van der Waals surface area contributed by atoms with Gasteiger partial charge < -0.3 is 11.1 Å². The quantitative estimate of drug-likeness (QED) is 0.791. The molecule has 0 aliphatic carbocycles. The zero-order chi connectivity index (χ0) is 13.1. The van der Waals surface area contributed by atoms with Crippen LogP contribution < -0.4 is 11.1 Å². The molecule has 0 aromatic heterocycles. The summed E-state index contributed by atoms with van der Waals surface area (Å²) in [6, 6.07) is 4.50. The highest BCUT2D eigenvalue weighted by Gasteiger charge is 2.30. The number of likely N-dealkylation sites (tertiary alicyclic amines) is 1. The number of nitrogens with one attached hydrogen (secondary N) is 1. The van der Waals surface area contributed by atoms with Gasteiger partial charge in [-0.15, -0.1) is 0 Å². The molecule has 3 N–H and O–H groups in total. The van der Waals surface area contributed by atoms with E-state index in [1.54, 1.807) is 19.2 Å². The van der Waals surface area contributed by atoms with E-state index in [9.17, 15) is 9.18 Å². The van der Waals surface area contributed by atoms with Crippen molar-refractivity contribution < 1.29 is 9.18 Å². The number of rotatable bonds is 3. The zero-order valence-corrected chi connectivity index (χ0v) is 10.4. The highest BCUT2D eigenvalue weighted by Crippen LogP contribution is 2.24. The Morgan fingerprint density at radius 2 is 2.39 bits per heavy atom. The second-order valence-corrected chi connectivity index (χ2v) is 4.55. The molecule has 0 radical (unpaired) electrons. The minimum atomic E-state index is -0.308. The minimum absolute atomic E-state index is 0.0117. The SMILES string of the molecule is CNC(=O)C1CCCN1Cc1c(N)cccc1F. The highest BCUT2D eigenvalue weighted by atomic mass is 19.1. The molecule has 1 heterocycles. The molecule has 2 rings (SSSR count). The van der Waals surface area contributed by atoms with Gasteiger partial charge in [-0.2, -0.15) is 0 Å². The van der Waals surface area contributed by atoms with Crippen LogP contribution in [0.4, 0.5) is 10.1 Å². The molecule has 1 fully saturated rings. The molecule has 4 nitrogen and oxygen atoms in total. The number of anilines is 1. The summed E-state index contributed by atoms with van der Waals surface area (Å²) in [7, 11) is 1.62. The number of benzene rings is 1. The summed E-state index contributed by atoms with van der Waals surface area (Å²) in [5.74, 6) is -0.319. The third-order valence-electron chi connectivity index (χ3n) is 3.43. The van der Waals surface area contributed by atoms with Gasteiger partial charge in [0.15, 0.2) is 0 Å². The maximum Gasteiger partial charge on any atom is 0.237 e. The van der Waals surface area contributed by atoms with Gasteiger partial charge in [-0.25, -0.2) is 4.39 Å². The number of nitrogens with zero attached hydrogens (tertiary/aromatic N) is 1. The Labute approximate surface area is 106 Å². The standard InChI is InChI=1S/C13H18FN3O/c1-16-13(18)12-6-3-7-17(12)8-9-10(14)4-2-5-11(9)15/h2,4-5,12H,3,6-8,15H2,1H3,(H,16,18). The van der Waals surface area contributed by atoms with Crippen molar-refractivity contribution in [1.29, 1.82) is 0 Å². The third kappa shape index (κ3) is 2.46. The van der Waals surface area contributed by atoms with E-state index >= 15 is 0 Å². The zero-order valence-electron chi connectivity index (χ0n) is 10.4. The van der Waals surface area contributed by atoms with Gasteiger partial charge in [0.1, 0.15) is 5.82 Å². The Balaban J connectivity index is 2.16. The van der Waals surface area contributed by atoms with Crippen LogP contribution in [-0.4, -0.2) is 30.4 Å². The van der Waals surface area contributed by atoms with Crippen molar-refractivity contribution in [3.63, 3.8) is 0 Å². The average molecular weight is 251 g/mol. The molecule has 98 valence electrons. The number of hydrogen-bond acceptors (Lipinski definition) is 3. The number of amides is 1. The van der Waals surface area contributed by atoms with Crippen molar-refractivity contribution in [3.05, 3.63) is 29.6 Å². The Morgan fingerprint density at radius 3 is 3.06 bits per heavy atom. The van der Waals surface area contributed by atoms with E-state index < -0.39 is 0 Å². The molecule has 0 bridgehead atoms. The molecule has 0 saturated carbocycles. The molecular formula is C13H18FN3O. The normalized spacial score (nSPS) is 20.0. The molecule has 0 spiro atoms. The van der Waals surface area contributed by atoms with E-state index in [1.807, 2.05) is 4.90 Å². The van der Waals surface area contributed by atoms with Crippen LogP contribution in [0, 0.1) is 5.82 Å². The van der Waals surface area contributed by atoms with Crippen molar-refractivity contribution in [1.82, 2.24) is 10.2 Å². The summed E-state index contributed by atoms with van der Waals surface area (Å²) in [5, 5.41) is 2.65. The fourth-order valence-corrected chi connectivity index (χ4v) is 2.42. The first kappa shape index (κ1) is 12.8. The maximum absolute atomic E-state index is 13.7. The van der Waals surface area contributed by atoms with Gasteiger partial charge in [-0.1, -0.05) is 6.07 Å². The molecule has 1 aliphatic heterocycles. The summed E-state index contributed by atoms with van der Waals surface area (Å²) >= 11 is 0. The van der Waals surface area contributed by atoms with Gasteiger partial charge in [-0.3, -0.25) is 9.69 Å². The predicted molar refractivity (Wildman–Crippen MR) is 68.3 cm³/mol. The summed E-state index contributed by atoms with van der Waals surface area (Å²) in [6.45, 7) is 1.18. The van der Waals surface area contributed by atoms with E-state index in [2.05, 4.69) is 5.32 Å². The van der Waals surface area contributed by atoms with Crippen LogP contribution in [0.5, 0.6) is 0 Å². The van der Waals surface area contributed by atoms with E-state index in [4.69, 9.17) is 5.73 Å². The third-order valence-corrected chi connectivity index (χ3v) is 3.43. The largest absolute Gasteiger partial charge is 0.398 e. The lowest BCUT2D eigenvalue weighted by Gasteiger charge is -2.23. The maximum atomic E-state index is 13.7. The second-order valence-electron chi connectivity index (χ2n) is 4.55. The topological polar surface area (TPSA) is 58.4 Å². The van der Waals surface area contributed by atoms with Crippen LogP contribution in [0.2, 0.25) is 0 Å². The number of nitrogens with two attached hydrogens (primary N) is 1. The lowest BCUT2D eigenvalue weighted by molar-refractivity contribution is -0.125. The predicted octanol–water partition coefficient (Wildman–Crippen LogP) is 1.12. The monoisotopic (exact) mass is 251 g/mol. The second kappa shape index (κ2) is 5.35. The lowest BCUT2D eigenvalue weighted by atomic mass is 10.1. The number of hydrogen-bond donors (Lipinski definition) is 2. The Morgan fingerprint density at radius 1 is 1.61 bits per heavy atom. The van der Waals surface area contributed by atoms with Crippen LogP contribution in [0.1, 0.15) is 18.4 Å². The van der Waals surface area contributed by atoms with Crippen molar-refractivity contribution in [2.75, 3.05) is 19.3 Å². The van der Waals surface area contributed by atoms with Gasteiger partial charge in [-0.05, 0) is 31.5 Å². The smallest absolute Gasteiger partial charge is 0.237 e. The number of carbonyl (C=O) groups excluding carboxylic acids is 1. The summed E-state index contributed by atoms with van der Waals surface area (Å²) < 4.78 is 13.7. The van der Waals surface area contributed by atoms with Crippen molar-refractivity contribution in [2.45, 2.75) is 25.4 Å². The molecule has 1 unspecified atom stereocenters. The van der Waals surface area contributed by atoms with Crippen LogP contribution in [0.25, 0.3) is 0 Å². The van der Waals surface area contributed by atoms with E-state index in [0.29, 0.717) is 17.8 Å². The molecule has 5 heteroatoms. The van der Waals surface area contributed by atoms with Gasteiger partial charge >= 0.3 is 0 Å². The molecule has 1 amide bonds. The number of carbonyl (C=O) groups is 1. The molecule has 1 aromatic rings. The van der Waals surface area contributed by atoms with Gasteiger partial charge in [0, 0.05) is 24.8 Å². The highest BCUT2D eigenvalue weighted by molar-refractivity contribution is 5.81. The molecule has 1 saturated heterocycles. The number of halogens is 1. The first-order valence-electron chi connectivity index (χ1n) is 6.12. The van der Waals surface area contributed by atoms with E-state index in [-0.39, 0.29) is 17.8 Å². The van der Waals surface area contributed by atoms with Crippen LogP contribution in [0.3, 0.4) is 0 Å². The first-order valence-corrected chi connectivity index (χ1v) is 6.12. The van der Waals surface area contributed by atoms with E-state index in [1.165, 1.54) is 6.07 Å². The summed E-state index contributed by atoms with van der Waals surface area (Å²) in [6.07, 6.45) is 1.76. The van der Waals surface area contributed by atoms with Gasteiger partial charge in [0.2, 0.25) is 5.91 Å². The number of nitrogen functional groups attached to an aromatic ring is 1. The number of likely N-dealkylation sites (N-methyl/N-ethyl adjacent to an activating group) is 1. The Bertz CT molecular complexity index is 430. The molecule has 1 aromatic carbocycles. The Kier molecular flexibility index (Phi) is 3.81. The average Bonchev–Trinajstić information content (AvgIpc) is 2.81. The molecule has 1 aliphatic rings. The van der Waals surface area contributed by atoms with Crippen molar-refractivity contribution in [3.8, 4) is 0 Å². The fraction of sp³-hybridized carbons (Fsp3) is 0.462. The minimum Gasteiger partial charge on any atom is -0.398 e. The van der Waals surface area contributed by atoms with Crippen LogP contribution in [-0.2, 0) is 11.3 Å². The summed E-state index contributed by atoms with van der Waals surface area (Å²) in [4.78, 5) is 13.7. The van der Waals surface area contributed by atoms with Crippen LogP contribution >= 0.6 is 0 Å². The summed E-state index contributed by atoms with van der Waals surface area (Å²) in [5.41, 5.74) is 6.71. The van der Waals surface area contributed by atoms with Gasteiger partial charge in [0.05, 0.1) is 6.04 Å². The molecular weight excluding hydrogens is 233 g/mol. The lowest BCUT2D eigenvalue weighted by Crippen LogP contribution is -2.41. The van der Waals surface area contributed by atoms with Crippen molar-refractivity contribution in [2.24, 2.45) is 0 Å². The molecule has 1 atom stereocenters. The van der Waals surface area contributed by atoms with E-state index in [0.717, 1.165) is 19.4 Å².